The van der Waals surface area contributed by atoms with Crippen molar-refractivity contribution in [1.29, 1.82) is 0 Å². The summed E-state index contributed by atoms with van der Waals surface area (Å²) in [7, 11) is 1.84. The fourth-order valence-corrected chi connectivity index (χ4v) is 2.60. The lowest BCUT2D eigenvalue weighted by molar-refractivity contribution is 0.100. The van der Waals surface area contributed by atoms with E-state index in [0.717, 1.165) is 17.9 Å². The first-order valence-corrected chi connectivity index (χ1v) is 6.51. The number of amides is 1. The van der Waals surface area contributed by atoms with Crippen molar-refractivity contribution < 1.29 is 4.79 Å². The smallest absolute Gasteiger partial charge is 0.250 e. The number of piperidine rings is 1. The molecule has 0 radical (unpaired) electrons. The number of primary amides is 1. The van der Waals surface area contributed by atoms with Crippen molar-refractivity contribution >= 4 is 17.3 Å². The molecule has 1 fully saturated rings. The van der Waals surface area contributed by atoms with Gasteiger partial charge in [-0.2, -0.15) is 0 Å². The van der Waals surface area contributed by atoms with E-state index in [1.807, 2.05) is 25.2 Å². The molecule has 0 aromatic heterocycles. The Bertz CT molecular complexity index is 445. The van der Waals surface area contributed by atoms with Crippen molar-refractivity contribution in [3.05, 3.63) is 23.8 Å². The molecule has 1 aliphatic rings. The summed E-state index contributed by atoms with van der Waals surface area (Å²) in [5, 5.41) is 3.04. The molecule has 18 heavy (non-hydrogen) atoms. The molecule has 0 spiro atoms. The number of nitrogens with zero attached hydrogens (tertiary/aromatic N) is 1. The Morgan fingerprint density at radius 2 is 2.22 bits per heavy atom. The number of anilines is 2. The first-order valence-electron chi connectivity index (χ1n) is 6.51. The number of hydrogen-bond donors (Lipinski definition) is 2. The van der Waals surface area contributed by atoms with E-state index in [9.17, 15) is 4.79 Å². The van der Waals surface area contributed by atoms with Gasteiger partial charge in [0.15, 0.2) is 0 Å². The van der Waals surface area contributed by atoms with E-state index in [1.54, 1.807) is 0 Å². The van der Waals surface area contributed by atoms with Gasteiger partial charge in [-0.25, -0.2) is 0 Å². The van der Waals surface area contributed by atoms with Gasteiger partial charge >= 0.3 is 0 Å². The molecule has 98 valence electrons. The highest BCUT2D eigenvalue weighted by atomic mass is 16.1. The summed E-state index contributed by atoms with van der Waals surface area (Å²) in [6.45, 7) is 3.20. The molecule has 1 aliphatic heterocycles. The summed E-state index contributed by atoms with van der Waals surface area (Å²) in [6.07, 6.45) is 3.61. The normalized spacial score (nSPS) is 19.7. The molecule has 1 heterocycles. The Labute approximate surface area is 108 Å². The first-order chi connectivity index (χ1) is 8.63. The Hall–Kier alpha value is -1.71. The van der Waals surface area contributed by atoms with Crippen LogP contribution in [-0.4, -0.2) is 25.5 Å². The zero-order chi connectivity index (χ0) is 13.1. The van der Waals surface area contributed by atoms with Gasteiger partial charge in [0.25, 0.3) is 5.91 Å². The van der Waals surface area contributed by atoms with E-state index < -0.39 is 0 Å². The largest absolute Gasteiger partial charge is 0.388 e. The Morgan fingerprint density at radius 1 is 1.44 bits per heavy atom. The topological polar surface area (TPSA) is 58.4 Å². The van der Waals surface area contributed by atoms with Gasteiger partial charge < -0.3 is 16.0 Å². The molecule has 3 N–H and O–H groups in total. The minimum atomic E-state index is -0.361. The zero-order valence-electron chi connectivity index (χ0n) is 11.1. The third kappa shape index (κ3) is 2.42. The fourth-order valence-electron chi connectivity index (χ4n) is 2.60. The molecule has 1 aromatic carbocycles. The summed E-state index contributed by atoms with van der Waals surface area (Å²) in [5.41, 5.74) is 7.98. The van der Waals surface area contributed by atoms with Crippen molar-refractivity contribution in [2.75, 3.05) is 23.8 Å². The average Bonchev–Trinajstić information content (AvgIpc) is 2.38. The van der Waals surface area contributed by atoms with Crippen LogP contribution < -0.4 is 16.0 Å². The molecular weight excluding hydrogens is 226 g/mol. The van der Waals surface area contributed by atoms with Gasteiger partial charge in [0, 0.05) is 31.0 Å². The minimum Gasteiger partial charge on any atom is -0.388 e. The molecule has 0 saturated carbocycles. The molecule has 4 nitrogen and oxygen atoms in total. The summed E-state index contributed by atoms with van der Waals surface area (Å²) in [4.78, 5) is 13.9. The lowest BCUT2D eigenvalue weighted by Gasteiger charge is -2.36. The number of rotatable bonds is 3. The molecule has 4 heteroatoms. The molecule has 1 amide bonds. The van der Waals surface area contributed by atoms with Crippen LogP contribution in [0, 0.1) is 0 Å². The lowest BCUT2D eigenvalue weighted by atomic mass is 10.0. The van der Waals surface area contributed by atoms with Gasteiger partial charge in [-0.3, -0.25) is 4.79 Å². The Balaban J connectivity index is 2.39. The third-order valence-corrected chi connectivity index (χ3v) is 3.66. The summed E-state index contributed by atoms with van der Waals surface area (Å²) in [5.74, 6) is -0.361. The van der Waals surface area contributed by atoms with Gasteiger partial charge in [0.2, 0.25) is 0 Å². The summed E-state index contributed by atoms with van der Waals surface area (Å²) >= 11 is 0. The van der Waals surface area contributed by atoms with Gasteiger partial charge in [-0.05, 0) is 44.4 Å². The molecule has 0 unspecified atom stereocenters. The molecule has 1 atom stereocenters. The van der Waals surface area contributed by atoms with Gasteiger partial charge in [0.1, 0.15) is 0 Å². The predicted molar refractivity (Wildman–Crippen MR) is 75.2 cm³/mol. The maximum Gasteiger partial charge on any atom is 0.250 e. The van der Waals surface area contributed by atoms with E-state index in [0.29, 0.717) is 11.6 Å². The van der Waals surface area contributed by atoms with E-state index in [1.165, 1.54) is 19.3 Å². The van der Waals surface area contributed by atoms with Crippen molar-refractivity contribution in [2.45, 2.75) is 32.2 Å². The van der Waals surface area contributed by atoms with Gasteiger partial charge in [-0.1, -0.05) is 0 Å². The van der Waals surface area contributed by atoms with Crippen LogP contribution in [0.5, 0.6) is 0 Å². The van der Waals surface area contributed by atoms with Crippen LogP contribution in [0.4, 0.5) is 11.4 Å². The van der Waals surface area contributed by atoms with Crippen molar-refractivity contribution in [3.63, 3.8) is 0 Å². The maximum absolute atomic E-state index is 11.6. The van der Waals surface area contributed by atoms with Crippen LogP contribution in [0.2, 0.25) is 0 Å². The molecule has 0 aliphatic carbocycles. The number of nitrogens with one attached hydrogen (secondary N) is 1. The SMILES string of the molecule is CNc1ccc(N2CCCC[C@@H]2C)c(C(N)=O)c1. The third-order valence-electron chi connectivity index (χ3n) is 3.66. The van der Waals surface area contributed by atoms with Crippen molar-refractivity contribution in [3.8, 4) is 0 Å². The van der Waals surface area contributed by atoms with Crippen LogP contribution in [0.3, 0.4) is 0 Å². The number of benzene rings is 1. The van der Waals surface area contributed by atoms with Gasteiger partial charge in [0.05, 0.1) is 5.56 Å². The van der Waals surface area contributed by atoms with Gasteiger partial charge in [-0.15, -0.1) is 0 Å². The highest BCUT2D eigenvalue weighted by Gasteiger charge is 2.22. The Morgan fingerprint density at radius 3 is 2.83 bits per heavy atom. The molecular formula is C14H21N3O. The highest BCUT2D eigenvalue weighted by Crippen LogP contribution is 2.29. The molecule has 2 rings (SSSR count). The van der Waals surface area contributed by atoms with E-state index in [2.05, 4.69) is 17.1 Å². The number of carbonyl (C=O) groups excluding carboxylic acids is 1. The van der Waals surface area contributed by atoms with Crippen LogP contribution in [0.1, 0.15) is 36.5 Å². The van der Waals surface area contributed by atoms with Crippen molar-refractivity contribution in [2.24, 2.45) is 5.73 Å². The van der Waals surface area contributed by atoms with Crippen molar-refractivity contribution in [1.82, 2.24) is 0 Å². The minimum absolute atomic E-state index is 0.361. The summed E-state index contributed by atoms with van der Waals surface area (Å²) < 4.78 is 0. The lowest BCUT2D eigenvalue weighted by Crippen LogP contribution is -2.38. The first kappa shape index (κ1) is 12.7. The van der Waals surface area contributed by atoms with Crippen LogP contribution in [0.25, 0.3) is 0 Å². The maximum atomic E-state index is 11.6. The molecule has 1 aromatic rings. The standard InChI is InChI=1S/C14H21N3O/c1-10-5-3-4-8-17(10)13-7-6-11(16-2)9-12(13)14(15)18/h6-7,9-10,16H,3-5,8H2,1-2H3,(H2,15,18)/t10-/m0/s1. The number of hydrogen-bond acceptors (Lipinski definition) is 3. The van der Waals surface area contributed by atoms with Crippen LogP contribution >= 0.6 is 0 Å². The Kier molecular flexibility index (Phi) is 3.75. The quantitative estimate of drug-likeness (QED) is 0.861. The predicted octanol–water partition coefficient (Wildman–Crippen LogP) is 2.21. The van der Waals surface area contributed by atoms with Crippen LogP contribution in [-0.2, 0) is 0 Å². The van der Waals surface area contributed by atoms with E-state index in [4.69, 9.17) is 5.73 Å². The van der Waals surface area contributed by atoms with Crippen LogP contribution in [0.15, 0.2) is 18.2 Å². The molecule has 0 bridgehead atoms. The fraction of sp³-hybridized carbons (Fsp3) is 0.500. The van der Waals surface area contributed by atoms with E-state index >= 15 is 0 Å². The average molecular weight is 247 g/mol. The second kappa shape index (κ2) is 5.29. The summed E-state index contributed by atoms with van der Waals surface area (Å²) in [6, 6.07) is 6.29. The number of carbonyl (C=O) groups is 1. The highest BCUT2D eigenvalue weighted by molar-refractivity contribution is 5.99. The second-order valence-electron chi connectivity index (χ2n) is 4.88. The molecule has 1 saturated heterocycles. The second-order valence-corrected chi connectivity index (χ2v) is 4.88. The van der Waals surface area contributed by atoms with E-state index in [-0.39, 0.29) is 5.91 Å². The zero-order valence-corrected chi connectivity index (χ0v) is 11.1. The number of nitrogens with two attached hydrogens (primary N) is 1. The monoisotopic (exact) mass is 247 g/mol.